The van der Waals surface area contributed by atoms with Gasteiger partial charge in [0.2, 0.25) is 5.91 Å². The summed E-state index contributed by atoms with van der Waals surface area (Å²) in [5.74, 6) is 0.259. The third-order valence-corrected chi connectivity index (χ3v) is 6.52. The minimum absolute atomic E-state index is 0.0690. The molecule has 0 aliphatic carbocycles. The molecule has 4 aromatic carbocycles. The van der Waals surface area contributed by atoms with Gasteiger partial charge in [-0.3, -0.25) is 4.79 Å². The summed E-state index contributed by atoms with van der Waals surface area (Å²) in [6.07, 6.45) is 0. The van der Waals surface area contributed by atoms with Crippen molar-refractivity contribution in [3.05, 3.63) is 119 Å². The number of carboxylic acids is 1. The zero-order valence-electron chi connectivity index (χ0n) is 22.8. The fraction of sp³-hybridized carbons (Fsp3) is 0.212. The second-order valence-electron chi connectivity index (χ2n) is 9.47. The van der Waals surface area contributed by atoms with Gasteiger partial charge in [-0.2, -0.15) is 0 Å². The standard InChI is InChI=1S/C33H34N2O5/c1-23-29(12-7-13-31(23)26-9-4-3-5-10-26)22-39-30-15-14-28(20-34-16-17-35-24(2)36)32(19-30)40-21-25-8-6-11-27(18-25)33(37)38/h3-15,18-19,34H,16-17,20-22H2,1-2H3,(H,35,36)(H,37,38). The van der Waals surface area contributed by atoms with Crippen LogP contribution in [0, 0.1) is 6.92 Å². The van der Waals surface area contributed by atoms with Crippen LogP contribution in [0.1, 0.15) is 39.5 Å². The summed E-state index contributed by atoms with van der Waals surface area (Å²) >= 11 is 0. The van der Waals surface area contributed by atoms with Crippen molar-refractivity contribution in [1.82, 2.24) is 10.6 Å². The fourth-order valence-electron chi connectivity index (χ4n) is 4.34. The van der Waals surface area contributed by atoms with Crippen LogP contribution in [-0.4, -0.2) is 30.1 Å². The Morgan fingerprint density at radius 1 is 0.800 bits per heavy atom. The number of benzene rings is 4. The molecule has 0 aliphatic rings. The Morgan fingerprint density at radius 2 is 1.60 bits per heavy atom. The van der Waals surface area contributed by atoms with Crippen molar-refractivity contribution < 1.29 is 24.2 Å². The van der Waals surface area contributed by atoms with E-state index in [4.69, 9.17) is 9.47 Å². The molecule has 0 radical (unpaired) electrons. The molecule has 0 saturated carbocycles. The highest BCUT2D eigenvalue weighted by molar-refractivity contribution is 5.87. The molecule has 0 aromatic heterocycles. The molecule has 0 unspecified atom stereocenters. The largest absolute Gasteiger partial charge is 0.489 e. The number of ether oxygens (including phenoxy) is 2. The highest BCUT2D eigenvalue weighted by Crippen LogP contribution is 2.29. The van der Waals surface area contributed by atoms with E-state index in [0.29, 0.717) is 37.7 Å². The van der Waals surface area contributed by atoms with Gasteiger partial charge in [0.15, 0.2) is 0 Å². The molecular formula is C33H34N2O5. The molecule has 40 heavy (non-hydrogen) atoms. The van der Waals surface area contributed by atoms with Crippen LogP contribution in [0.3, 0.4) is 0 Å². The van der Waals surface area contributed by atoms with Gasteiger partial charge in [-0.1, -0.05) is 66.7 Å². The minimum atomic E-state index is -0.979. The topological polar surface area (TPSA) is 96.9 Å². The van der Waals surface area contributed by atoms with Crippen LogP contribution in [0.2, 0.25) is 0 Å². The number of rotatable bonds is 13. The van der Waals surface area contributed by atoms with Crippen LogP contribution >= 0.6 is 0 Å². The van der Waals surface area contributed by atoms with E-state index >= 15 is 0 Å². The van der Waals surface area contributed by atoms with E-state index in [1.165, 1.54) is 23.6 Å². The first-order valence-electron chi connectivity index (χ1n) is 13.2. The van der Waals surface area contributed by atoms with E-state index in [0.717, 1.165) is 16.7 Å². The lowest BCUT2D eigenvalue weighted by molar-refractivity contribution is -0.118. The molecule has 0 bridgehead atoms. The van der Waals surface area contributed by atoms with E-state index in [1.54, 1.807) is 18.2 Å². The first kappa shape index (κ1) is 28.4. The summed E-state index contributed by atoms with van der Waals surface area (Å²) in [4.78, 5) is 22.5. The van der Waals surface area contributed by atoms with Crippen molar-refractivity contribution >= 4 is 11.9 Å². The van der Waals surface area contributed by atoms with Gasteiger partial charge < -0.3 is 25.2 Å². The molecule has 7 nitrogen and oxygen atoms in total. The van der Waals surface area contributed by atoms with Crippen LogP contribution in [0.15, 0.2) is 91.0 Å². The van der Waals surface area contributed by atoms with Crippen molar-refractivity contribution in [1.29, 1.82) is 0 Å². The molecule has 4 aromatic rings. The highest BCUT2D eigenvalue weighted by atomic mass is 16.5. The number of carbonyl (C=O) groups is 2. The third kappa shape index (κ3) is 7.94. The molecule has 0 saturated heterocycles. The van der Waals surface area contributed by atoms with E-state index in [1.807, 2.05) is 48.5 Å². The zero-order valence-corrected chi connectivity index (χ0v) is 22.8. The molecule has 0 spiro atoms. The van der Waals surface area contributed by atoms with Gasteiger partial charge in [0.25, 0.3) is 0 Å². The van der Waals surface area contributed by atoms with Crippen LogP contribution in [0.5, 0.6) is 11.5 Å². The summed E-state index contributed by atoms with van der Waals surface area (Å²) in [5, 5.41) is 15.4. The number of aromatic carboxylic acids is 1. The smallest absolute Gasteiger partial charge is 0.335 e. The zero-order chi connectivity index (χ0) is 28.3. The molecule has 7 heteroatoms. The predicted octanol–water partition coefficient (Wildman–Crippen LogP) is 5.74. The van der Waals surface area contributed by atoms with Gasteiger partial charge in [0.05, 0.1) is 5.56 Å². The highest BCUT2D eigenvalue weighted by Gasteiger charge is 2.11. The second kappa shape index (κ2) is 14.0. The van der Waals surface area contributed by atoms with Gasteiger partial charge in [0, 0.05) is 38.2 Å². The Hall–Kier alpha value is -4.62. The molecule has 3 N–H and O–H groups in total. The first-order valence-corrected chi connectivity index (χ1v) is 13.2. The lowest BCUT2D eigenvalue weighted by Crippen LogP contribution is -2.30. The number of amides is 1. The average Bonchev–Trinajstić information content (AvgIpc) is 2.96. The number of carboxylic acid groups (broad SMARTS) is 1. The van der Waals surface area contributed by atoms with Crippen molar-refractivity contribution in [3.63, 3.8) is 0 Å². The summed E-state index contributed by atoms with van der Waals surface area (Å²) in [6.45, 7) is 5.87. The van der Waals surface area contributed by atoms with Crippen molar-refractivity contribution in [3.8, 4) is 22.6 Å². The van der Waals surface area contributed by atoms with Gasteiger partial charge >= 0.3 is 5.97 Å². The van der Waals surface area contributed by atoms with Crippen molar-refractivity contribution in [2.45, 2.75) is 33.6 Å². The van der Waals surface area contributed by atoms with E-state index in [-0.39, 0.29) is 18.1 Å². The number of nitrogens with one attached hydrogen (secondary N) is 2. The lowest BCUT2D eigenvalue weighted by Gasteiger charge is -2.16. The van der Waals surface area contributed by atoms with Gasteiger partial charge in [-0.05, 0) is 52.9 Å². The maximum absolute atomic E-state index is 11.4. The number of hydrogen-bond acceptors (Lipinski definition) is 5. The van der Waals surface area contributed by atoms with Gasteiger partial charge in [-0.15, -0.1) is 0 Å². The molecule has 206 valence electrons. The predicted molar refractivity (Wildman–Crippen MR) is 156 cm³/mol. The lowest BCUT2D eigenvalue weighted by atomic mass is 9.97. The Bertz CT molecular complexity index is 1450. The van der Waals surface area contributed by atoms with Crippen LogP contribution < -0.4 is 20.1 Å². The van der Waals surface area contributed by atoms with Crippen LogP contribution in [0.4, 0.5) is 0 Å². The van der Waals surface area contributed by atoms with E-state index in [9.17, 15) is 14.7 Å². The molecule has 4 rings (SSSR count). The fourth-order valence-corrected chi connectivity index (χ4v) is 4.34. The Balaban J connectivity index is 1.48. The first-order chi connectivity index (χ1) is 19.4. The molecule has 0 heterocycles. The minimum Gasteiger partial charge on any atom is -0.489 e. The Kier molecular flexibility index (Phi) is 9.91. The quantitative estimate of drug-likeness (QED) is 0.188. The van der Waals surface area contributed by atoms with Crippen molar-refractivity contribution in [2.24, 2.45) is 0 Å². The van der Waals surface area contributed by atoms with E-state index in [2.05, 4.69) is 41.8 Å². The normalized spacial score (nSPS) is 10.7. The number of carbonyl (C=O) groups excluding carboxylic acids is 1. The van der Waals surface area contributed by atoms with Gasteiger partial charge in [-0.25, -0.2) is 4.79 Å². The van der Waals surface area contributed by atoms with Crippen LogP contribution in [-0.2, 0) is 24.6 Å². The van der Waals surface area contributed by atoms with E-state index < -0.39 is 5.97 Å². The van der Waals surface area contributed by atoms with Crippen LogP contribution in [0.25, 0.3) is 11.1 Å². The SMILES string of the molecule is CC(=O)NCCNCc1ccc(OCc2cccc(-c3ccccc3)c2C)cc1OCc1cccc(C(=O)O)c1. The maximum Gasteiger partial charge on any atom is 0.335 e. The average molecular weight is 539 g/mol. The molecular weight excluding hydrogens is 504 g/mol. The number of hydrogen-bond donors (Lipinski definition) is 3. The summed E-state index contributed by atoms with van der Waals surface area (Å²) in [5.41, 5.74) is 6.50. The second-order valence-corrected chi connectivity index (χ2v) is 9.47. The third-order valence-electron chi connectivity index (χ3n) is 6.52. The Labute approximate surface area is 234 Å². The molecule has 0 atom stereocenters. The summed E-state index contributed by atoms with van der Waals surface area (Å²) in [7, 11) is 0. The summed E-state index contributed by atoms with van der Waals surface area (Å²) < 4.78 is 12.4. The van der Waals surface area contributed by atoms with Crippen molar-refractivity contribution in [2.75, 3.05) is 13.1 Å². The summed E-state index contributed by atoms with van der Waals surface area (Å²) in [6, 6.07) is 29.0. The molecule has 0 aliphatic heterocycles. The maximum atomic E-state index is 11.4. The molecule has 1 amide bonds. The monoisotopic (exact) mass is 538 g/mol. The molecule has 0 fully saturated rings. The van der Waals surface area contributed by atoms with Gasteiger partial charge in [0.1, 0.15) is 24.7 Å². The Morgan fingerprint density at radius 3 is 2.38 bits per heavy atom.